The van der Waals surface area contributed by atoms with Gasteiger partial charge in [0.15, 0.2) is 9.84 Å². The predicted molar refractivity (Wildman–Crippen MR) is 84.8 cm³/mol. The molecule has 1 atom stereocenters. The van der Waals surface area contributed by atoms with Crippen molar-refractivity contribution in [2.75, 3.05) is 39.7 Å². The minimum absolute atomic E-state index is 0.122. The summed E-state index contributed by atoms with van der Waals surface area (Å²) < 4.78 is 34.9. The third-order valence-electron chi connectivity index (χ3n) is 5.04. The van der Waals surface area contributed by atoms with Crippen molar-refractivity contribution in [3.05, 3.63) is 29.8 Å². The van der Waals surface area contributed by atoms with E-state index in [-0.39, 0.29) is 5.92 Å². The van der Waals surface area contributed by atoms with Crippen LogP contribution in [0.15, 0.2) is 24.3 Å². The van der Waals surface area contributed by atoms with Gasteiger partial charge in [0.1, 0.15) is 10.5 Å². The molecule has 0 unspecified atom stereocenters. The second-order valence-corrected chi connectivity index (χ2v) is 8.73. The third kappa shape index (κ3) is 2.43. The molecule has 0 aliphatic carbocycles. The van der Waals surface area contributed by atoms with Crippen LogP contribution in [0, 0.1) is 5.92 Å². The Hall–Kier alpha value is -1.11. The maximum Gasteiger partial charge on any atom is 0.158 e. The van der Waals surface area contributed by atoms with Crippen LogP contribution in [0.4, 0.5) is 0 Å². The maximum absolute atomic E-state index is 12.5. The number of hydrogen-bond acceptors (Lipinski definition) is 5. The van der Waals surface area contributed by atoms with Crippen LogP contribution in [-0.2, 0) is 21.1 Å². The molecule has 2 saturated heterocycles. The normalized spacial score (nSPS) is 26.0. The molecule has 122 valence electrons. The molecule has 0 bridgehead atoms. The van der Waals surface area contributed by atoms with Crippen molar-refractivity contribution in [1.29, 1.82) is 0 Å². The highest BCUT2D eigenvalue weighted by Gasteiger charge is 2.61. The lowest BCUT2D eigenvalue weighted by atomic mass is 9.83. The summed E-state index contributed by atoms with van der Waals surface area (Å²) in [6, 6.07) is 7.88. The first kappa shape index (κ1) is 15.8. The lowest BCUT2D eigenvalue weighted by Gasteiger charge is -2.50. The van der Waals surface area contributed by atoms with Crippen LogP contribution in [0.5, 0.6) is 5.75 Å². The summed E-state index contributed by atoms with van der Waals surface area (Å²) >= 11 is 0. The van der Waals surface area contributed by atoms with E-state index < -0.39 is 14.6 Å². The number of nitrogens with zero attached hydrogens (tertiary/aromatic N) is 1. The van der Waals surface area contributed by atoms with Gasteiger partial charge in [-0.05, 0) is 12.5 Å². The van der Waals surface area contributed by atoms with Crippen LogP contribution in [0.1, 0.15) is 12.0 Å². The molecule has 5 nitrogen and oxygen atoms in total. The molecular formula is C16H23NO4S. The fraction of sp³-hybridized carbons (Fsp3) is 0.625. The molecule has 2 heterocycles. The molecule has 1 aromatic carbocycles. The molecule has 0 radical (unpaired) electrons. The Bertz CT molecular complexity index is 637. The number of rotatable bonds is 5. The van der Waals surface area contributed by atoms with Crippen LogP contribution in [-0.4, -0.2) is 57.7 Å². The van der Waals surface area contributed by atoms with Crippen molar-refractivity contribution in [3.63, 3.8) is 0 Å². The van der Waals surface area contributed by atoms with Crippen molar-refractivity contribution < 1.29 is 17.9 Å². The monoisotopic (exact) mass is 325 g/mol. The first-order valence-electron chi connectivity index (χ1n) is 7.58. The SMILES string of the molecule is COC[C@H]1CCS(=O)(=O)C12CN(Cc1ccccc1OC)C2. The van der Waals surface area contributed by atoms with Gasteiger partial charge in [-0.3, -0.25) is 4.90 Å². The zero-order chi connectivity index (χ0) is 15.8. The molecule has 0 aromatic heterocycles. The average Bonchev–Trinajstić information content (AvgIpc) is 2.72. The zero-order valence-electron chi connectivity index (χ0n) is 13.1. The number of sulfone groups is 1. The molecule has 6 heteroatoms. The van der Waals surface area contributed by atoms with E-state index in [0.29, 0.717) is 25.4 Å². The number of para-hydroxylation sites is 1. The van der Waals surface area contributed by atoms with Gasteiger partial charge in [-0.25, -0.2) is 8.42 Å². The van der Waals surface area contributed by atoms with Gasteiger partial charge in [0.05, 0.1) is 19.5 Å². The first-order valence-corrected chi connectivity index (χ1v) is 9.23. The first-order chi connectivity index (χ1) is 10.5. The largest absolute Gasteiger partial charge is 0.496 e. The molecular weight excluding hydrogens is 302 g/mol. The predicted octanol–water partition coefficient (Wildman–Crippen LogP) is 1.33. The van der Waals surface area contributed by atoms with Gasteiger partial charge in [-0.15, -0.1) is 0 Å². The number of ether oxygens (including phenoxy) is 2. The van der Waals surface area contributed by atoms with Gasteiger partial charge in [0.25, 0.3) is 0 Å². The lowest BCUT2D eigenvalue weighted by molar-refractivity contribution is 0.0407. The number of methoxy groups -OCH3 is 2. The van der Waals surface area contributed by atoms with E-state index in [1.165, 1.54) is 0 Å². The summed E-state index contributed by atoms with van der Waals surface area (Å²) in [5, 5.41) is 0. The fourth-order valence-corrected chi connectivity index (χ4v) is 6.26. The molecule has 0 N–H and O–H groups in total. The van der Waals surface area contributed by atoms with Crippen LogP contribution in [0.25, 0.3) is 0 Å². The molecule has 1 spiro atoms. The number of benzene rings is 1. The molecule has 3 rings (SSSR count). The highest BCUT2D eigenvalue weighted by Crippen LogP contribution is 2.45. The summed E-state index contributed by atoms with van der Waals surface area (Å²) in [5.41, 5.74) is 1.10. The summed E-state index contributed by atoms with van der Waals surface area (Å²) in [6.07, 6.45) is 0.721. The summed E-state index contributed by atoms with van der Waals surface area (Å²) in [7, 11) is 0.287. The highest BCUT2D eigenvalue weighted by atomic mass is 32.2. The Morgan fingerprint density at radius 2 is 2.00 bits per heavy atom. The second kappa shape index (κ2) is 5.83. The minimum atomic E-state index is -3.02. The third-order valence-corrected chi connectivity index (χ3v) is 7.64. The van der Waals surface area contributed by atoms with Crippen LogP contribution in [0.2, 0.25) is 0 Å². The summed E-state index contributed by atoms with van der Waals surface area (Å²) in [5.74, 6) is 1.27. The smallest absolute Gasteiger partial charge is 0.158 e. The molecule has 22 heavy (non-hydrogen) atoms. The van der Waals surface area contributed by atoms with Gasteiger partial charge >= 0.3 is 0 Å². The van der Waals surface area contributed by atoms with E-state index in [1.54, 1.807) is 14.2 Å². The van der Waals surface area contributed by atoms with E-state index in [0.717, 1.165) is 24.3 Å². The van der Waals surface area contributed by atoms with Crippen LogP contribution < -0.4 is 4.74 Å². The van der Waals surface area contributed by atoms with Crippen molar-refractivity contribution in [3.8, 4) is 5.75 Å². The number of hydrogen-bond donors (Lipinski definition) is 0. The highest BCUT2D eigenvalue weighted by molar-refractivity contribution is 7.93. The van der Waals surface area contributed by atoms with E-state index >= 15 is 0 Å². The quantitative estimate of drug-likeness (QED) is 0.817. The Morgan fingerprint density at radius 1 is 1.27 bits per heavy atom. The van der Waals surface area contributed by atoms with E-state index in [9.17, 15) is 8.42 Å². The average molecular weight is 325 g/mol. The van der Waals surface area contributed by atoms with Crippen LogP contribution in [0.3, 0.4) is 0 Å². The molecule has 1 aromatic rings. The van der Waals surface area contributed by atoms with Gasteiger partial charge in [0.2, 0.25) is 0 Å². The van der Waals surface area contributed by atoms with E-state index in [2.05, 4.69) is 4.90 Å². The molecule has 2 fully saturated rings. The Labute approximate surface area is 132 Å². The van der Waals surface area contributed by atoms with Gasteiger partial charge in [0, 0.05) is 38.2 Å². The van der Waals surface area contributed by atoms with Gasteiger partial charge < -0.3 is 9.47 Å². The standard InChI is InChI=1S/C16H23NO4S/c1-20-10-14-7-8-22(18,19)16(14)11-17(12-16)9-13-5-3-4-6-15(13)21-2/h3-6,14H,7-12H2,1-2H3/t14-/m1/s1. The van der Waals surface area contributed by atoms with Crippen molar-refractivity contribution in [2.24, 2.45) is 5.92 Å². The zero-order valence-corrected chi connectivity index (χ0v) is 13.9. The maximum atomic E-state index is 12.5. The van der Waals surface area contributed by atoms with Gasteiger partial charge in [-0.2, -0.15) is 0 Å². The van der Waals surface area contributed by atoms with Crippen molar-refractivity contribution >= 4 is 9.84 Å². The molecule has 0 saturated carbocycles. The Morgan fingerprint density at radius 3 is 2.68 bits per heavy atom. The molecule has 2 aliphatic heterocycles. The van der Waals surface area contributed by atoms with E-state index in [1.807, 2.05) is 24.3 Å². The topological polar surface area (TPSA) is 55.8 Å². The van der Waals surface area contributed by atoms with Crippen molar-refractivity contribution in [1.82, 2.24) is 4.90 Å². The molecule has 0 amide bonds. The van der Waals surface area contributed by atoms with Crippen LogP contribution >= 0.6 is 0 Å². The van der Waals surface area contributed by atoms with Crippen molar-refractivity contribution in [2.45, 2.75) is 17.7 Å². The lowest BCUT2D eigenvalue weighted by Crippen LogP contribution is -2.67. The number of likely N-dealkylation sites (tertiary alicyclic amines) is 1. The Balaban J connectivity index is 1.72. The fourth-order valence-electron chi connectivity index (χ4n) is 3.81. The Kier molecular flexibility index (Phi) is 4.18. The summed E-state index contributed by atoms with van der Waals surface area (Å²) in [6.45, 7) is 2.45. The van der Waals surface area contributed by atoms with Gasteiger partial charge in [-0.1, -0.05) is 18.2 Å². The molecule has 2 aliphatic rings. The minimum Gasteiger partial charge on any atom is -0.496 e. The summed E-state index contributed by atoms with van der Waals surface area (Å²) in [4.78, 5) is 2.18. The second-order valence-electron chi connectivity index (χ2n) is 6.28. The van der Waals surface area contributed by atoms with E-state index in [4.69, 9.17) is 9.47 Å².